The SMILES string of the molecule is Oc1ccc[n+](O)c1Cl. The van der Waals surface area contributed by atoms with Crippen molar-refractivity contribution in [2.45, 2.75) is 0 Å². The molecule has 1 heterocycles. The maximum Gasteiger partial charge on any atom is 0.366 e. The molecule has 0 bridgehead atoms. The molecule has 0 radical (unpaired) electrons. The number of aromatic nitrogens is 1. The largest absolute Gasteiger partial charge is 0.501 e. The van der Waals surface area contributed by atoms with Gasteiger partial charge in [0.25, 0.3) is 0 Å². The molecule has 1 rings (SSSR count). The van der Waals surface area contributed by atoms with Gasteiger partial charge in [-0.25, -0.2) is 0 Å². The van der Waals surface area contributed by atoms with Crippen LogP contribution in [-0.2, 0) is 0 Å². The first-order valence-corrected chi connectivity index (χ1v) is 2.68. The fourth-order valence-electron chi connectivity index (χ4n) is 0.467. The van der Waals surface area contributed by atoms with Gasteiger partial charge in [0.05, 0.1) is 0 Å². The molecule has 0 saturated carbocycles. The third-order valence-electron chi connectivity index (χ3n) is 0.894. The Morgan fingerprint density at radius 2 is 2.22 bits per heavy atom. The third-order valence-corrected chi connectivity index (χ3v) is 1.26. The molecule has 0 aliphatic carbocycles. The molecule has 1 aromatic rings. The summed E-state index contributed by atoms with van der Waals surface area (Å²) in [5.41, 5.74) is 0. The minimum atomic E-state index is -0.137. The Morgan fingerprint density at radius 1 is 1.56 bits per heavy atom. The zero-order valence-electron chi connectivity index (χ0n) is 4.45. The lowest BCUT2D eigenvalue weighted by Gasteiger charge is -1.87. The predicted molar refractivity (Wildman–Crippen MR) is 30.5 cm³/mol. The van der Waals surface area contributed by atoms with E-state index in [1.165, 1.54) is 18.3 Å². The first-order chi connectivity index (χ1) is 4.22. The number of hydrogen-bond donors (Lipinski definition) is 2. The number of pyridine rings is 1. The van der Waals surface area contributed by atoms with Crippen LogP contribution in [0.15, 0.2) is 18.3 Å². The molecule has 4 heteroatoms. The molecule has 0 aliphatic heterocycles. The second kappa shape index (κ2) is 2.11. The monoisotopic (exact) mass is 146 g/mol. The highest BCUT2D eigenvalue weighted by molar-refractivity contribution is 6.29. The lowest BCUT2D eigenvalue weighted by atomic mass is 10.5. The van der Waals surface area contributed by atoms with Crippen molar-refractivity contribution >= 4 is 11.6 Å². The van der Waals surface area contributed by atoms with E-state index in [9.17, 15) is 0 Å². The summed E-state index contributed by atoms with van der Waals surface area (Å²) < 4.78 is 0.636. The lowest BCUT2D eigenvalue weighted by molar-refractivity contribution is -0.903. The van der Waals surface area contributed by atoms with E-state index >= 15 is 0 Å². The molecular formula is C5H5ClNO2+. The van der Waals surface area contributed by atoms with Crippen LogP contribution in [0.1, 0.15) is 0 Å². The summed E-state index contributed by atoms with van der Waals surface area (Å²) >= 11 is 5.34. The van der Waals surface area contributed by atoms with E-state index in [0.29, 0.717) is 4.73 Å². The summed E-state index contributed by atoms with van der Waals surface area (Å²) in [5, 5.41) is 17.4. The summed E-state index contributed by atoms with van der Waals surface area (Å²) in [6, 6.07) is 2.86. The smallest absolute Gasteiger partial charge is 0.366 e. The molecule has 0 fully saturated rings. The zero-order valence-corrected chi connectivity index (χ0v) is 5.21. The van der Waals surface area contributed by atoms with Crippen molar-refractivity contribution < 1.29 is 15.0 Å². The Balaban J connectivity index is 3.25. The minimum Gasteiger partial charge on any atom is -0.501 e. The van der Waals surface area contributed by atoms with E-state index in [0.717, 1.165) is 0 Å². The minimum absolute atomic E-state index is 0.0856. The summed E-state index contributed by atoms with van der Waals surface area (Å²) in [6.07, 6.45) is 1.32. The molecule has 0 saturated heterocycles. The highest BCUT2D eigenvalue weighted by atomic mass is 35.5. The average Bonchev–Trinajstić information content (AvgIpc) is 1.83. The van der Waals surface area contributed by atoms with Gasteiger partial charge in [0.1, 0.15) is 0 Å². The molecule has 0 amide bonds. The van der Waals surface area contributed by atoms with Gasteiger partial charge in [-0.3, -0.25) is 5.21 Å². The van der Waals surface area contributed by atoms with E-state index in [2.05, 4.69) is 0 Å². The second-order valence-corrected chi connectivity index (χ2v) is 1.89. The van der Waals surface area contributed by atoms with Gasteiger partial charge in [-0.1, -0.05) is 0 Å². The zero-order chi connectivity index (χ0) is 6.85. The molecule has 1 aromatic heterocycles. The van der Waals surface area contributed by atoms with Gasteiger partial charge in [-0.15, -0.1) is 0 Å². The molecule has 0 aromatic carbocycles. The van der Waals surface area contributed by atoms with Crippen molar-refractivity contribution in [2.24, 2.45) is 0 Å². The van der Waals surface area contributed by atoms with Gasteiger partial charge in [-0.05, 0) is 17.7 Å². The summed E-state index contributed by atoms with van der Waals surface area (Å²) in [4.78, 5) is 0. The van der Waals surface area contributed by atoms with Crippen molar-refractivity contribution in [2.75, 3.05) is 0 Å². The number of rotatable bonds is 0. The van der Waals surface area contributed by atoms with Crippen molar-refractivity contribution in [3.8, 4) is 5.75 Å². The molecule has 0 atom stereocenters. The lowest BCUT2D eigenvalue weighted by Crippen LogP contribution is -2.30. The second-order valence-electron chi connectivity index (χ2n) is 1.53. The van der Waals surface area contributed by atoms with Crippen LogP contribution in [0.4, 0.5) is 0 Å². The topological polar surface area (TPSA) is 44.3 Å². The summed E-state index contributed by atoms with van der Waals surface area (Å²) in [6.45, 7) is 0. The van der Waals surface area contributed by atoms with Crippen molar-refractivity contribution in [3.05, 3.63) is 23.5 Å². The molecule has 2 N–H and O–H groups in total. The third kappa shape index (κ3) is 1.05. The molecule has 0 unspecified atom stereocenters. The predicted octanol–water partition coefficient (Wildman–Crippen LogP) is 0.570. The van der Waals surface area contributed by atoms with Crippen LogP contribution >= 0.6 is 11.6 Å². The first-order valence-electron chi connectivity index (χ1n) is 2.30. The van der Waals surface area contributed by atoms with E-state index in [4.69, 9.17) is 21.9 Å². The van der Waals surface area contributed by atoms with Crippen LogP contribution < -0.4 is 4.73 Å². The van der Waals surface area contributed by atoms with Crippen LogP contribution in [-0.4, -0.2) is 10.3 Å². The Hall–Kier alpha value is -0.960. The standard InChI is InChI=1S/C5H4ClNO2/c6-5-4(8)2-1-3-7(5)9/h1-3H,(H-,8,9)/p+1. The summed E-state index contributed by atoms with van der Waals surface area (Å²) in [5.74, 6) is -0.137. The van der Waals surface area contributed by atoms with Crippen LogP contribution in [0.5, 0.6) is 5.75 Å². The fourth-order valence-corrected chi connectivity index (χ4v) is 0.587. The van der Waals surface area contributed by atoms with Crippen molar-refractivity contribution in [3.63, 3.8) is 0 Å². The van der Waals surface area contributed by atoms with E-state index in [-0.39, 0.29) is 10.9 Å². The maximum absolute atomic E-state index is 8.79. The van der Waals surface area contributed by atoms with Gasteiger partial charge in [-0.2, -0.15) is 0 Å². The van der Waals surface area contributed by atoms with Gasteiger partial charge in [0, 0.05) is 10.8 Å². The quantitative estimate of drug-likeness (QED) is 0.319. The van der Waals surface area contributed by atoms with E-state index < -0.39 is 0 Å². The van der Waals surface area contributed by atoms with Crippen LogP contribution in [0, 0.1) is 0 Å². The summed E-state index contributed by atoms with van der Waals surface area (Å²) in [7, 11) is 0. The van der Waals surface area contributed by atoms with Gasteiger partial charge in [0.2, 0.25) is 11.9 Å². The van der Waals surface area contributed by atoms with Gasteiger partial charge in [0.15, 0.2) is 0 Å². The Morgan fingerprint density at radius 3 is 2.67 bits per heavy atom. The number of halogens is 1. The number of nitrogens with zero attached hydrogens (tertiary/aromatic N) is 1. The Bertz CT molecular complexity index is 206. The van der Waals surface area contributed by atoms with E-state index in [1.54, 1.807) is 0 Å². The van der Waals surface area contributed by atoms with Crippen molar-refractivity contribution in [1.29, 1.82) is 0 Å². The molecule has 3 nitrogen and oxygen atoms in total. The maximum atomic E-state index is 8.79. The number of hydrogen-bond acceptors (Lipinski definition) is 2. The van der Waals surface area contributed by atoms with Gasteiger partial charge < -0.3 is 5.11 Å². The van der Waals surface area contributed by atoms with Crippen LogP contribution in [0.3, 0.4) is 0 Å². The first kappa shape index (κ1) is 6.16. The highest BCUT2D eigenvalue weighted by Crippen LogP contribution is 2.15. The molecule has 9 heavy (non-hydrogen) atoms. The highest BCUT2D eigenvalue weighted by Gasteiger charge is 2.09. The average molecular weight is 147 g/mol. The van der Waals surface area contributed by atoms with Gasteiger partial charge >= 0.3 is 5.15 Å². The van der Waals surface area contributed by atoms with Crippen LogP contribution in [0.25, 0.3) is 0 Å². The molecule has 48 valence electrons. The Kier molecular flexibility index (Phi) is 1.44. The van der Waals surface area contributed by atoms with Crippen LogP contribution in [0.2, 0.25) is 5.15 Å². The Labute approximate surface area is 56.7 Å². The molecular weight excluding hydrogens is 142 g/mol. The van der Waals surface area contributed by atoms with E-state index in [1.807, 2.05) is 0 Å². The molecule has 0 spiro atoms. The van der Waals surface area contributed by atoms with Crippen molar-refractivity contribution in [1.82, 2.24) is 0 Å². The normalized spacial score (nSPS) is 9.44. The number of aromatic hydroxyl groups is 1. The molecule has 0 aliphatic rings. The fraction of sp³-hybridized carbons (Fsp3) is 0.